The summed E-state index contributed by atoms with van der Waals surface area (Å²) < 4.78 is 40.5. The molecular formula is C22H20N2O6S2. The summed E-state index contributed by atoms with van der Waals surface area (Å²) in [5.74, 6) is 1.20. The van der Waals surface area contributed by atoms with Gasteiger partial charge in [-0.3, -0.25) is 9.69 Å². The maximum Gasteiger partial charge on any atom is 0.260 e. The van der Waals surface area contributed by atoms with Crippen molar-refractivity contribution < 1.29 is 27.1 Å². The van der Waals surface area contributed by atoms with Gasteiger partial charge in [-0.1, -0.05) is 11.3 Å². The lowest BCUT2D eigenvalue weighted by Gasteiger charge is -2.19. The van der Waals surface area contributed by atoms with Crippen molar-refractivity contribution in [2.45, 2.75) is 11.4 Å². The van der Waals surface area contributed by atoms with Crippen LogP contribution in [-0.2, 0) is 16.4 Å². The first-order chi connectivity index (χ1) is 15.3. The third kappa shape index (κ3) is 4.46. The second-order valence-electron chi connectivity index (χ2n) is 6.97. The van der Waals surface area contributed by atoms with Gasteiger partial charge < -0.3 is 13.9 Å². The van der Waals surface area contributed by atoms with Crippen molar-refractivity contribution in [1.29, 1.82) is 0 Å². The van der Waals surface area contributed by atoms with Gasteiger partial charge in [0.15, 0.2) is 15.0 Å². The van der Waals surface area contributed by atoms with Gasteiger partial charge in [0.25, 0.3) is 5.91 Å². The fourth-order valence-electron chi connectivity index (χ4n) is 3.11. The van der Waals surface area contributed by atoms with Gasteiger partial charge in [-0.2, -0.15) is 0 Å². The molecule has 0 fully saturated rings. The number of fused-ring (bicyclic) bond motifs is 1. The van der Waals surface area contributed by atoms with Gasteiger partial charge in [-0.05, 0) is 42.5 Å². The average Bonchev–Trinajstić information content (AvgIpc) is 3.44. The molecule has 0 aliphatic heterocycles. The molecule has 0 unspecified atom stereocenters. The molecule has 2 aromatic carbocycles. The van der Waals surface area contributed by atoms with Gasteiger partial charge in [0, 0.05) is 17.9 Å². The monoisotopic (exact) mass is 472 g/mol. The SMILES string of the molecule is COc1cc(OC)cc(C(=O)N(Cc2ccco2)c2nc3ccc(S(C)(=O)=O)cc3s2)c1. The first kappa shape index (κ1) is 21.8. The van der Waals surface area contributed by atoms with Gasteiger partial charge in [-0.15, -0.1) is 0 Å². The standard InChI is InChI=1S/C22H20N2O6S2/c1-28-16-9-14(10-17(11-16)29-2)21(25)24(13-15-5-4-8-30-15)22-23-19-7-6-18(32(3,26)27)12-20(19)31-22/h4-12H,13H2,1-3H3. The van der Waals surface area contributed by atoms with E-state index in [1.165, 1.54) is 42.8 Å². The molecule has 4 rings (SSSR count). The smallest absolute Gasteiger partial charge is 0.260 e. The molecular weight excluding hydrogens is 452 g/mol. The predicted molar refractivity (Wildman–Crippen MR) is 121 cm³/mol. The molecule has 2 aromatic heterocycles. The van der Waals surface area contributed by atoms with Crippen molar-refractivity contribution in [3.8, 4) is 11.5 Å². The van der Waals surface area contributed by atoms with Crippen molar-refractivity contribution >= 4 is 42.4 Å². The number of furan rings is 1. The number of sulfone groups is 1. The van der Waals surface area contributed by atoms with Crippen LogP contribution in [-0.4, -0.2) is 39.8 Å². The highest BCUT2D eigenvalue weighted by Gasteiger charge is 2.24. The highest BCUT2D eigenvalue weighted by atomic mass is 32.2. The van der Waals surface area contributed by atoms with Crippen LogP contribution in [0.15, 0.2) is 64.1 Å². The molecule has 0 atom stereocenters. The number of anilines is 1. The minimum Gasteiger partial charge on any atom is -0.497 e. The number of hydrogen-bond acceptors (Lipinski definition) is 8. The molecule has 0 N–H and O–H groups in total. The number of rotatable bonds is 7. The normalized spacial score (nSPS) is 11.5. The Hall–Kier alpha value is -3.37. The summed E-state index contributed by atoms with van der Waals surface area (Å²) in [4.78, 5) is 19.8. The van der Waals surface area contributed by atoms with E-state index < -0.39 is 9.84 Å². The van der Waals surface area contributed by atoms with E-state index in [1.54, 1.807) is 42.5 Å². The van der Waals surface area contributed by atoms with E-state index >= 15 is 0 Å². The Morgan fingerprint density at radius 3 is 2.41 bits per heavy atom. The lowest BCUT2D eigenvalue weighted by atomic mass is 10.1. The number of nitrogens with zero attached hydrogens (tertiary/aromatic N) is 2. The highest BCUT2D eigenvalue weighted by molar-refractivity contribution is 7.90. The van der Waals surface area contributed by atoms with E-state index in [1.807, 2.05) is 0 Å². The summed E-state index contributed by atoms with van der Waals surface area (Å²) in [6.45, 7) is 0.143. The molecule has 0 radical (unpaired) electrons. The van der Waals surface area contributed by atoms with Gasteiger partial charge in [-0.25, -0.2) is 13.4 Å². The Bertz CT molecular complexity index is 1350. The van der Waals surface area contributed by atoms with E-state index in [-0.39, 0.29) is 17.3 Å². The molecule has 4 aromatic rings. The topological polar surface area (TPSA) is 98.9 Å². The third-order valence-corrected chi connectivity index (χ3v) is 6.90. The van der Waals surface area contributed by atoms with E-state index in [9.17, 15) is 13.2 Å². The van der Waals surface area contributed by atoms with Gasteiger partial charge in [0.2, 0.25) is 0 Å². The molecule has 1 amide bonds. The van der Waals surface area contributed by atoms with Crippen LogP contribution in [0.3, 0.4) is 0 Å². The molecule has 0 spiro atoms. The van der Waals surface area contributed by atoms with Gasteiger partial charge >= 0.3 is 0 Å². The number of thiazole rings is 1. The number of methoxy groups -OCH3 is 2. The maximum absolute atomic E-state index is 13.6. The number of hydrogen-bond donors (Lipinski definition) is 0. The highest BCUT2D eigenvalue weighted by Crippen LogP contribution is 2.33. The van der Waals surface area contributed by atoms with Crippen LogP contribution in [0.5, 0.6) is 11.5 Å². The van der Waals surface area contributed by atoms with E-state index in [2.05, 4.69) is 4.98 Å². The molecule has 2 heterocycles. The van der Waals surface area contributed by atoms with Crippen molar-refractivity contribution in [2.24, 2.45) is 0 Å². The van der Waals surface area contributed by atoms with Gasteiger partial charge in [0.05, 0.1) is 42.1 Å². The predicted octanol–water partition coefficient (Wildman–Crippen LogP) is 4.16. The van der Waals surface area contributed by atoms with Crippen molar-refractivity contribution in [2.75, 3.05) is 25.4 Å². The fraction of sp³-hybridized carbons (Fsp3) is 0.182. The molecule has 8 nitrogen and oxygen atoms in total. The van der Waals surface area contributed by atoms with E-state index in [4.69, 9.17) is 13.9 Å². The van der Waals surface area contributed by atoms with E-state index in [0.29, 0.717) is 38.2 Å². The first-order valence-electron chi connectivity index (χ1n) is 9.46. The number of carbonyl (C=O) groups excluding carboxylic acids is 1. The van der Waals surface area contributed by atoms with Crippen molar-refractivity contribution in [3.05, 3.63) is 66.1 Å². The third-order valence-electron chi connectivity index (χ3n) is 4.75. The van der Waals surface area contributed by atoms with Crippen LogP contribution in [0.4, 0.5) is 5.13 Å². The molecule has 0 aliphatic rings. The second-order valence-corrected chi connectivity index (χ2v) is 9.99. The average molecular weight is 473 g/mol. The number of carbonyl (C=O) groups is 1. The zero-order chi connectivity index (χ0) is 22.9. The van der Waals surface area contributed by atoms with Crippen LogP contribution >= 0.6 is 11.3 Å². The molecule has 0 bridgehead atoms. The molecule has 32 heavy (non-hydrogen) atoms. The van der Waals surface area contributed by atoms with E-state index in [0.717, 1.165) is 6.26 Å². The Morgan fingerprint density at radius 1 is 1.09 bits per heavy atom. The number of ether oxygens (including phenoxy) is 2. The molecule has 0 saturated carbocycles. The molecule has 10 heteroatoms. The maximum atomic E-state index is 13.6. The summed E-state index contributed by atoms with van der Waals surface area (Å²) >= 11 is 1.23. The summed E-state index contributed by atoms with van der Waals surface area (Å²) in [5, 5.41) is 0.411. The fourth-order valence-corrected chi connectivity index (χ4v) is 4.83. The molecule has 0 aliphatic carbocycles. The van der Waals surface area contributed by atoms with Crippen LogP contribution < -0.4 is 14.4 Å². The lowest BCUT2D eigenvalue weighted by molar-refractivity contribution is 0.0982. The molecule has 0 saturated heterocycles. The van der Waals surface area contributed by atoms with Crippen LogP contribution in [0, 0.1) is 0 Å². The minimum atomic E-state index is -3.37. The quantitative estimate of drug-likeness (QED) is 0.398. The Balaban J connectivity index is 1.80. The Kier molecular flexibility index (Phi) is 5.90. The van der Waals surface area contributed by atoms with Crippen molar-refractivity contribution in [3.63, 3.8) is 0 Å². The number of aromatic nitrogens is 1. The summed E-state index contributed by atoms with van der Waals surface area (Å²) in [6, 6.07) is 13.1. The van der Waals surface area contributed by atoms with Crippen LogP contribution in [0.25, 0.3) is 10.2 Å². The second kappa shape index (κ2) is 8.64. The Labute approximate surface area is 188 Å². The van der Waals surface area contributed by atoms with Crippen LogP contribution in [0.1, 0.15) is 16.1 Å². The largest absolute Gasteiger partial charge is 0.497 e. The minimum absolute atomic E-state index is 0.143. The van der Waals surface area contributed by atoms with Gasteiger partial charge in [0.1, 0.15) is 17.3 Å². The van der Waals surface area contributed by atoms with Crippen molar-refractivity contribution in [1.82, 2.24) is 4.98 Å². The molecule has 166 valence electrons. The first-order valence-corrected chi connectivity index (χ1v) is 12.2. The number of amides is 1. The zero-order valence-corrected chi connectivity index (χ0v) is 19.2. The Morgan fingerprint density at radius 2 is 1.81 bits per heavy atom. The summed E-state index contributed by atoms with van der Waals surface area (Å²) in [7, 11) is -0.345. The lowest BCUT2D eigenvalue weighted by Crippen LogP contribution is -2.30. The number of benzene rings is 2. The zero-order valence-electron chi connectivity index (χ0n) is 17.6. The summed E-state index contributed by atoms with van der Waals surface area (Å²) in [6.07, 6.45) is 2.68. The van der Waals surface area contributed by atoms with Crippen LogP contribution in [0.2, 0.25) is 0 Å². The summed E-state index contributed by atoms with van der Waals surface area (Å²) in [5.41, 5.74) is 0.946.